The second-order valence-corrected chi connectivity index (χ2v) is 5.03. The van der Waals surface area contributed by atoms with Crippen LogP contribution < -0.4 is 4.74 Å². The van der Waals surface area contributed by atoms with E-state index in [0.717, 1.165) is 12.1 Å². The first kappa shape index (κ1) is 14.1. The minimum Gasteiger partial charge on any atom is -0.453 e. The predicted molar refractivity (Wildman–Crippen MR) is 81.6 cm³/mol. The molecule has 0 bridgehead atoms. The van der Waals surface area contributed by atoms with Gasteiger partial charge in [-0.15, -0.1) is 0 Å². The Balaban J connectivity index is 1.87. The molecular formula is C17H8F2N4O. The fraction of sp³-hybridized carbons (Fsp3) is 0. The van der Waals surface area contributed by atoms with Crippen LogP contribution in [-0.4, -0.2) is 14.4 Å². The lowest BCUT2D eigenvalue weighted by Gasteiger charge is -2.10. The van der Waals surface area contributed by atoms with Crippen LogP contribution in [0.3, 0.4) is 0 Å². The number of fused-ring (bicyclic) bond motifs is 3. The van der Waals surface area contributed by atoms with Gasteiger partial charge >= 0.3 is 0 Å². The zero-order valence-electron chi connectivity index (χ0n) is 12.1. The summed E-state index contributed by atoms with van der Waals surface area (Å²) in [6, 6.07) is 8.30. The largest absolute Gasteiger partial charge is 0.453 e. The van der Waals surface area contributed by atoms with Crippen LogP contribution in [0.4, 0.5) is 8.78 Å². The Hall–Kier alpha value is -3.53. The summed E-state index contributed by atoms with van der Waals surface area (Å²) in [5, 5.41) is 9.72. The van der Waals surface area contributed by atoms with Gasteiger partial charge in [0.25, 0.3) is 0 Å². The average Bonchev–Trinajstić information content (AvgIpc) is 3.07. The van der Waals surface area contributed by atoms with Crippen molar-refractivity contribution in [3.63, 3.8) is 0 Å². The molecule has 0 amide bonds. The maximum absolute atomic E-state index is 13.9. The summed E-state index contributed by atoms with van der Waals surface area (Å²) < 4.78 is 34.8. The third kappa shape index (κ3) is 2.13. The van der Waals surface area contributed by atoms with Gasteiger partial charge in [0.2, 0.25) is 0 Å². The first-order valence-corrected chi connectivity index (χ1v) is 6.95. The van der Waals surface area contributed by atoms with Gasteiger partial charge in [0.1, 0.15) is 35.2 Å². The summed E-state index contributed by atoms with van der Waals surface area (Å²) in [5.74, 6) is -1.85. The fourth-order valence-corrected chi connectivity index (χ4v) is 2.46. The van der Waals surface area contributed by atoms with Gasteiger partial charge in [0.05, 0.1) is 5.52 Å². The molecule has 4 rings (SSSR count). The average molecular weight is 322 g/mol. The molecule has 0 spiro atoms. The molecule has 2 aromatic heterocycles. The van der Waals surface area contributed by atoms with E-state index in [1.54, 1.807) is 47.4 Å². The fourth-order valence-electron chi connectivity index (χ4n) is 2.46. The van der Waals surface area contributed by atoms with Crippen molar-refractivity contribution in [2.45, 2.75) is 0 Å². The monoisotopic (exact) mass is 322 g/mol. The van der Waals surface area contributed by atoms with Crippen molar-refractivity contribution in [1.29, 1.82) is 5.26 Å². The van der Waals surface area contributed by atoms with Crippen molar-refractivity contribution in [3.05, 3.63) is 66.3 Å². The summed E-state index contributed by atoms with van der Waals surface area (Å²) in [4.78, 5) is 8.52. The smallest absolute Gasteiger partial charge is 0.183 e. The van der Waals surface area contributed by atoms with Crippen LogP contribution in [0, 0.1) is 23.0 Å². The van der Waals surface area contributed by atoms with Gasteiger partial charge < -0.3 is 4.74 Å². The Morgan fingerprint density at radius 1 is 1.08 bits per heavy atom. The molecular weight excluding hydrogens is 314 g/mol. The molecule has 0 saturated carbocycles. The minimum atomic E-state index is -0.841. The molecule has 7 heteroatoms. The van der Waals surface area contributed by atoms with E-state index in [1.807, 2.05) is 0 Å². The molecule has 0 radical (unpaired) electrons. The maximum Gasteiger partial charge on any atom is 0.183 e. The molecule has 0 aliphatic heterocycles. The molecule has 116 valence electrons. The van der Waals surface area contributed by atoms with Crippen LogP contribution in [0.5, 0.6) is 11.5 Å². The summed E-state index contributed by atoms with van der Waals surface area (Å²) in [6.07, 6.45) is 5.00. The van der Waals surface area contributed by atoms with Gasteiger partial charge in [-0.3, -0.25) is 4.40 Å². The number of imidazole rings is 1. The van der Waals surface area contributed by atoms with Crippen molar-refractivity contribution in [3.8, 4) is 17.6 Å². The number of rotatable bonds is 2. The quantitative estimate of drug-likeness (QED) is 0.563. The molecule has 24 heavy (non-hydrogen) atoms. The number of nitrogens with zero attached hydrogens (tertiary/aromatic N) is 4. The molecule has 0 atom stereocenters. The molecule has 2 aromatic carbocycles. The van der Waals surface area contributed by atoms with Gasteiger partial charge in [-0.25, -0.2) is 18.7 Å². The van der Waals surface area contributed by atoms with E-state index < -0.39 is 22.9 Å². The molecule has 0 unspecified atom stereocenters. The van der Waals surface area contributed by atoms with Gasteiger partial charge in [0, 0.05) is 17.8 Å². The molecule has 0 aliphatic carbocycles. The molecule has 0 saturated heterocycles. The van der Waals surface area contributed by atoms with E-state index in [-0.39, 0.29) is 5.75 Å². The third-order valence-corrected chi connectivity index (χ3v) is 3.59. The van der Waals surface area contributed by atoms with Gasteiger partial charge in [-0.2, -0.15) is 5.26 Å². The van der Waals surface area contributed by atoms with E-state index in [9.17, 15) is 8.78 Å². The highest BCUT2D eigenvalue weighted by Crippen LogP contribution is 2.31. The maximum atomic E-state index is 13.9. The Kier molecular flexibility index (Phi) is 3.10. The molecule has 0 fully saturated rings. The Labute approximate surface area is 134 Å². The molecule has 0 N–H and O–H groups in total. The lowest BCUT2D eigenvalue weighted by atomic mass is 10.2. The molecule has 0 aliphatic rings. The van der Waals surface area contributed by atoms with E-state index in [2.05, 4.69) is 9.97 Å². The van der Waals surface area contributed by atoms with Crippen molar-refractivity contribution in [2.75, 3.05) is 0 Å². The summed E-state index contributed by atoms with van der Waals surface area (Å²) >= 11 is 0. The van der Waals surface area contributed by atoms with Crippen molar-refractivity contribution >= 4 is 16.6 Å². The molecule has 5 nitrogen and oxygen atoms in total. The normalized spacial score (nSPS) is 10.9. The highest BCUT2D eigenvalue weighted by molar-refractivity contribution is 5.92. The van der Waals surface area contributed by atoms with Crippen molar-refractivity contribution in [1.82, 2.24) is 14.4 Å². The standard InChI is InChI=1S/C17H8F2N4O/c18-13-2-3-14(19)16(12(13)8-20)24-10-1-4-15-11(7-10)17-21-5-6-23(17)9-22-15/h1-7,9H. The highest BCUT2D eigenvalue weighted by Gasteiger charge is 2.16. The van der Waals surface area contributed by atoms with Crippen LogP contribution >= 0.6 is 0 Å². The third-order valence-electron chi connectivity index (χ3n) is 3.59. The zero-order chi connectivity index (χ0) is 16.7. The number of hydrogen-bond acceptors (Lipinski definition) is 4. The van der Waals surface area contributed by atoms with E-state index in [1.165, 1.54) is 0 Å². The van der Waals surface area contributed by atoms with Crippen LogP contribution in [0.25, 0.3) is 16.6 Å². The van der Waals surface area contributed by atoms with E-state index in [4.69, 9.17) is 10.00 Å². The minimum absolute atomic E-state index is 0.251. The SMILES string of the molecule is N#Cc1c(F)ccc(F)c1Oc1ccc2ncn3ccnc3c2c1. The Bertz CT molecular complexity index is 1130. The van der Waals surface area contributed by atoms with Crippen LogP contribution in [0.15, 0.2) is 49.1 Å². The number of aromatic nitrogens is 3. The van der Waals surface area contributed by atoms with E-state index >= 15 is 0 Å². The van der Waals surface area contributed by atoms with Gasteiger partial charge in [-0.05, 0) is 30.3 Å². The number of nitriles is 1. The lowest BCUT2D eigenvalue weighted by molar-refractivity contribution is 0.435. The van der Waals surface area contributed by atoms with E-state index in [0.29, 0.717) is 16.6 Å². The van der Waals surface area contributed by atoms with Gasteiger partial charge in [0.15, 0.2) is 11.6 Å². The summed E-state index contributed by atoms with van der Waals surface area (Å²) in [7, 11) is 0. The van der Waals surface area contributed by atoms with Gasteiger partial charge in [-0.1, -0.05) is 0 Å². The highest BCUT2D eigenvalue weighted by atomic mass is 19.1. The Morgan fingerprint density at radius 2 is 1.92 bits per heavy atom. The summed E-state index contributed by atoms with van der Waals surface area (Å²) in [5.41, 5.74) is 0.860. The zero-order valence-corrected chi connectivity index (χ0v) is 12.1. The predicted octanol–water partition coefficient (Wildman–Crippen LogP) is 3.82. The number of benzene rings is 2. The van der Waals surface area contributed by atoms with Crippen molar-refractivity contribution in [2.24, 2.45) is 0 Å². The van der Waals surface area contributed by atoms with Crippen molar-refractivity contribution < 1.29 is 13.5 Å². The summed E-state index contributed by atoms with van der Waals surface area (Å²) in [6.45, 7) is 0. The Morgan fingerprint density at radius 3 is 2.75 bits per heavy atom. The van der Waals surface area contributed by atoms with Crippen LogP contribution in [-0.2, 0) is 0 Å². The first-order chi connectivity index (χ1) is 11.7. The number of hydrogen-bond donors (Lipinski definition) is 0. The van der Waals surface area contributed by atoms with Crippen LogP contribution in [0.2, 0.25) is 0 Å². The lowest BCUT2D eigenvalue weighted by Crippen LogP contribution is -1.96. The number of ether oxygens (including phenoxy) is 1. The topological polar surface area (TPSA) is 63.2 Å². The second-order valence-electron chi connectivity index (χ2n) is 5.03. The first-order valence-electron chi connectivity index (χ1n) is 6.95. The molecule has 2 heterocycles. The second kappa shape index (κ2) is 5.28. The molecule has 4 aromatic rings. The number of halogens is 2. The van der Waals surface area contributed by atoms with Crippen LogP contribution in [0.1, 0.15) is 5.56 Å².